The Hall–Kier alpha value is -0.490. The highest BCUT2D eigenvalue weighted by atomic mass is 35.5. The number of hydrogen-bond acceptors (Lipinski definition) is 0. The molecule has 0 nitrogen and oxygen atoms in total. The van der Waals surface area contributed by atoms with E-state index in [4.69, 9.17) is 11.6 Å². The Morgan fingerprint density at radius 2 is 2.20 bits per heavy atom. The molecule has 0 bridgehead atoms. The average Bonchev–Trinajstić information content (AvgIpc) is 1.88. The van der Waals surface area contributed by atoms with Crippen LogP contribution in [0.15, 0.2) is 24.3 Å². The molecular formula is C9H10Cl. The van der Waals surface area contributed by atoms with Crippen molar-refractivity contribution in [2.24, 2.45) is 0 Å². The van der Waals surface area contributed by atoms with Crippen LogP contribution in [0.25, 0.3) is 0 Å². The van der Waals surface area contributed by atoms with E-state index in [9.17, 15) is 0 Å². The van der Waals surface area contributed by atoms with Crippen LogP contribution in [0, 0.1) is 6.92 Å². The van der Waals surface area contributed by atoms with Gasteiger partial charge in [-0.25, -0.2) is 0 Å². The van der Waals surface area contributed by atoms with Gasteiger partial charge < -0.3 is 0 Å². The number of benzene rings is 1. The van der Waals surface area contributed by atoms with Crippen LogP contribution in [0.1, 0.15) is 18.4 Å². The summed E-state index contributed by atoms with van der Waals surface area (Å²) in [4.78, 5) is 0. The van der Waals surface area contributed by atoms with Gasteiger partial charge in [-0.1, -0.05) is 30.7 Å². The van der Waals surface area contributed by atoms with E-state index in [1.807, 2.05) is 31.2 Å². The normalized spacial score (nSPS) is 10.4. The fourth-order valence-electron chi connectivity index (χ4n) is 0.813. The molecule has 0 saturated heterocycles. The van der Waals surface area contributed by atoms with E-state index in [-0.39, 0.29) is 0 Å². The van der Waals surface area contributed by atoms with E-state index < -0.39 is 0 Å². The van der Waals surface area contributed by atoms with Crippen LogP contribution in [0.4, 0.5) is 0 Å². The lowest BCUT2D eigenvalue weighted by Gasteiger charge is -2.03. The Bertz CT molecular complexity index is 216. The van der Waals surface area contributed by atoms with Crippen LogP contribution in [0.3, 0.4) is 0 Å². The highest BCUT2D eigenvalue weighted by molar-refractivity contribution is 6.30. The largest absolute Gasteiger partial charge is 0.0843 e. The summed E-state index contributed by atoms with van der Waals surface area (Å²) in [5.74, 6) is 0.318. The molecule has 0 N–H and O–H groups in total. The second kappa shape index (κ2) is 3.07. The van der Waals surface area contributed by atoms with Gasteiger partial charge in [0, 0.05) is 5.02 Å². The molecule has 1 aromatic rings. The molecule has 0 amide bonds. The Kier molecular flexibility index (Phi) is 2.34. The van der Waals surface area contributed by atoms with Gasteiger partial charge in [-0.3, -0.25) is 0 Å². The Morgan fingerprint density at radius 1 is 1.50 bits per heavy atom. The van der Waals surface area contributed by atoms with E-state index in [0.29, 0.717) is 5.92 Å². The van der Waals surface area contributed by atoms with E-state index in [1.165, 1.54) is 5.56 Å². The molecule has 0 unspecified atom stereocenters. The van der Waals surface area contributed by atoms with Crippen LogP contribution in [0.5, 0.6) is 0 Å². The van der Waals surface area contributed by atoms with Gasteiger partial charge in [0.05, 0.1) is 0 Å². The van der Waals surface area contributed by atoms with Gasteiger partial charge in [-0.05, 0) is 30.5 Å². The van der Waals surface area contributed by atoms with Gasteiger partial charge in [0.25, 0.3) is 0 Å². The maximum Gasteiger partial charge on any atom is 0.0408 e. The minimum absolute atomic E-state index is 0.318. The van der Waals surface area contributed by atoms with E-state index in [2.05, 4.69) is 6.92 Å². The summed E-state index contributed by atoms with van der Waals surface area (Å²) < 4.78 is 0. The van der Waals surface area contributed by atoms with Crippen molar-refractivity contribution in [2.45, 2.75) is 12.8 Å². The Labute approximate surface area is 66.8 Å². The second-order valence-electron chi connectivity index (χ2n) is 2.46. The molecule has 1 radical (unpaired) electrons. The molecule has 0 fully saturated rings. The SMILES string of the molecule is [CH2][C@H](C)c1cccc(Cl)c1. The molecule has 0 aliphatic carbocycles. The van der Waals surface area contributed by atoms with Gasteiger partial charge >= 0.3 is 0 Å². The third kappa shape index (κ3) is 1.74. The second-order valence-corrected chi connectivity index (χ2v) is 2.89. The molecule has 1 rings (SSSR count). The van der Waals surface area contributed by atoms with Crippen molar-refractivity contribution in [2.75, 3.05) is 0 Å². The van der Waals surface area contributed by atoms with Crippen molar-refractivity contribution in [1.29, 1.82) is 0 Å². The molecular weight excluding hydrogens is 144 g/mol. The van der Waals surface area contributed by atoms with Crippen LogP contribution in [-0.2, 0) is 0 Å². The zero-order chi connectivity index (χ0) is 7.56. The highest BCUT2D eigenvalue weighted by Crippen LogP contribution is 2.17. The van der Waals surface area contributed by atoms with Crippen molar-refractivity contribution in [1.82, 2.24) is 0 Å². The first-order valence-electron chi connectivity index (χ1n) is 3.28. The molecule has 1 aromatic carbocycles. The molecule has 1 atom stereocenters. The molecule has 0 spiro atoms. The first kappa shape index (κ1) is 7.62. The van der Waals surface area contributed by atoms with E-state index in [1.54, 1.807) is 0 Å². The average molecular weight is 154 g/mol. The Balaban J connectivity index is 2.96. The monoisotopic (exact) mass is 153 g/mol. The van der Waals surface area contributed by atoms with Crippen molar-refractivity contribution in [3.8, 4) is 0 Å². The third-order valence-electron chi connectivity index (χ3n) is 1.42. The minimum atomic E-state index is 0.318. The van der Waals surface area contributed by atoms with Gasteiger partial charge in [-0.15, -0.1) is 0 Å². The summed E-state index contributed by atoms with van der Waals surface area (Å²) in [5, 5.41) is 0.785. The van der Waals surface area contributed by atoms with Crippen LogP contribution >= 0.6 is 11.6 Å². The third-order valence-corrected chi connectivity index (χ3v) is 1.65. The van der Waals surface area contributed by atoms with Gasteiger partial charge in [0.2, 0.25) is 0 Å². The van der Waals surface area contributed by atoms with Gasteiger partial charge in [0.1, 0.15) is 0 Å². The molecule has 10 heavy (non-hydrogen) atoms. The predicted octanol–water partition coefficient (Wildman–Crippen LogP) is 3.28. The standard InChI is InChI=1S/C9H10Cl/c1-7(2)8-4-3-5-9(10)6-8/h3-7H,1H2,2H3/t7-/m1/s1. The predicted molar refractivity (Wildman–Crippen MR) is 45.2 cm³/mol. The molecule has 0 aliphatic rings. The van der Waals surface area contributed by atoms with Gasteiger partial charge in [-0.2, -0.15) is 0 Å². The summed E-state index contributed by atoms with van der Waals surface area (Å²) in [6, 6.07) is 7.79. The minimum Gasteiger partial charge on any atom is -0.0843 e. The fraction of sp³-hybridized carbons (Fsp3) is 0.222. The van der Waals surface area contributed by atoms with E-state index >= 15 is 0 Å². The van der Waals surface area contributed by atoms with Crippen molar-refractivity contribution in [3.05, 3.63) is 41.8 Å². The number of hydrogen-bond donors (Lipinski definition) is 0. The lowest BCUT2D eigenvalue weighted by molar-refractivity contribution is 0.964. The maximum atomic E-state index is 5.76. The van der Waals surface area contributed by atoms with Crippen LogP contribution < -0.4 is 0 Å². The van der Waals surface area contributed by atoms with Crippen molar-refractivity contribution in [3.63, 3.8) is 0 Å². The van der Waals surface area contributed by atoms with Crippen LogP contribution in [0.2, 0.25) is 5.02 Å². The summed E-state index contributed by atoms with van der Waals surface area (Å²) in [6.07, 6.45) is 0. The lowest BCUT2D eigenvalue weighted by atomic mass is 10.0. The first-order valence-corrected chi connectivity index (χ1v) is 3.66. The summed E-state index contributed by atoms with van der Waals surface area (Å²) in [7, 11) is 0. The topological polar surface area (TPSA) is 0 Å². The summed E-state index contributed by atoms with van der Waals surface area (Å²) in [6.45, 7) is 5.94. The number of halogens is 1. The summed E-state index contributed by atoms with van der Waals surface area (Å²) >= 11 is 5.76. The van der Waals surface area contributed by atoms with Crippen LogP contribution in [-0.4, -0.2) is 0 Å². The zero-order valence-electron chi connectivity index (χ0n) is 5.97. The molecule has 53 valence electrons. The molecule has 0 aromatic heterocycles. The molecule has 0 aliphatic heterocycles. The van der Waals surface area contributed by atoms with Crippen molar-refractivity contribution < 1.29 is 0 Å². The molecule has 1 heteroatoms. The zero-order valence-corrected chi connectivity index (χ0v) is 6.73. The lowest BCUT2D eigenvalue weighted by Crippen LogP contribution is -1.85. The maximum absolute atomic E-state index is 5.76. The van der Waals surface area contributed by atoms with E-state index in [0.717, 1.165) is 5.02 Å². The van der Waals surface area contributed by atoms with Crippen molar-refractivity contribution >= 4 is 11.6 Å². The summed E-state index contributed by atoms with van der Waals surface area (Å²) in [5.41, 5.74) is 1.19. The highest BCUT2D eigenvalue weighted by Gasteiger charge is 1.97. The molecule has 0 saturated carbocycles. The smallest absolute Gasteiger partial charge is 0.0408 e. The quantitative estimate of drug-likeness (QED) is 0.581. The Morgan fingerprint density at radius 3 is 2.60 bits per heavy atom. The fourth-order valence-corrected chi connectivity index (χ4v) is 1.01. The number of rotatable bonds is 1. The van der Waals surface area contributed by atoms with Gasteiger partial charge in [0.15, 0.2) is 0 Å². The molecule has 0 heterocycles. The first-order chi connectivity index (χ1) is 4.70.